The smallest absolute Gasteiger partial charge is 0.340 e. The topological polar surface area (TPSA) is 35.5 Å². The molecule has 2 aromatic rings. The van der Waals surface area contributed by atoms with Gasteiger partial charge in [0.2, 0.25) is 0 Å². The Morgan fingerprint density at radius 2 is 1.67 bits per heavy atom. The summed E-state index contributed by atoms with van der Waals surface area (Å²) in [7, 11) is 1.50. The van der Waals surface area contributed by atoms with E-state index in [0.717, 1.165) is 15.6 Å². The lowest BCUT2D eigenvalue weighted by atomic mass is 10.1. The zero-order chi connectivity index (χ0) is 15.2. The minimum absolute atomic E-state index is 0.352. The van der Waals surface area contributed by atoms with Crippen LogP contribution in [-0.4, -0.2) is 13.1 Å². The molecule has 3 nitrogen and oxygen atoms in total. The van der Waals surface area contributed by atoms with E-state index in [0.29, 0.717) is 0 Å². The van der Waals surface area contributed by atoms with E-state index in [1.165, 1.54) is 7.11 Å². The molecule has 0 aliphatic heterocycles. The molecule has 0 saturated carbocycles. The van der Waals surface area contributed by atoms with Crippen molar-refractivity contribution in [1.82, 2.24) is 0 Å². The molecule has 0 unspecified atom stereocenters. The molecule has 2 aromatic carbocycles. The third-order valence-corrected chi connectivity index (χ3v) is 3.91. The number of hydrogen-bond acceptors (Lipinski definition) is 3. The van der Waals surface area contributed by atoms with Crippen LogP contribution in [0.4, 0.5) is 0 Å². The van der Waals surface area contributed by atoms with Crippen molar-refractivity contribution >= 4 is 21.9 Å². The van der Waals surface area contributed by atoms with Crippen molar-refractivity contribution < 1.29 is 14.3 Å². The van der Waals surface area contributed by atoms with Crippen LogP contribution in [0.15, 0.2) is 59.1 Å². The average molecular weight is 349 g/mol. The number of carbonyl (C=O) groups is 1. The van der Waals surface area contributed by atoms with Crippen molar-refractivity contribution in [2.75, 3.05) is 7.11 Å². The lowest BCUT2D eigenvalue weighted by molar-refractivity contribution is -0.161. The fraction of sp³-hybridized carbons (Fsp3) is 0.235. The largest absolute Gasteiger partial charge is 0.456 e. The molecule has 0 radical (unpaired) electrons. The van der Waals surface area contributed by atoms with Gasteiger partial charge in [-0.3, -0.25) is 0 Å². The van der Waals surface area contributed by atoms with Crippen LogP contribution < -0.4 is 0 Å². The number of halogens is 1. The number of hydrogen-bond donors (Lipinski definition) is 0. The maximum absolute atomic E-state index is 12.3. The predicted octanol–water partition coefficient (Wildman–Crippen LogP) is 4.44. The summed E-state index contributed by atoms with van der Waals surface area (Å²) < 4.78 is 11.7. The summed E-state index contributed by atoms with van der Waals surface area (Å²) in [6, 6.07) is 17.0. The Hall–Kier alpha value is -1.65. The molecule has 2 rings (SSSR count). The second kappa shape index (κ2) is 7.38. The van der Waals surface area contributed by atoms with Crippen LogP contribution in [0.5, 0.6) is 0 Å². The van der Waals surface area contributed by atoms with Crippen molar-refractivity contribution in [1.29, 1.82) is 0 Å². The zero-order valence-corrected chi connectivity index (χ0v) is 13.5. The Morgan fingerprint density at radius 3 is 2.29 bits per heavy atom. The minimum Gasteiger partial charge on any atom is -0.456 e. The maximum atomic E-state index is 12.3. The first kappa shape index (κ1) is 15.7. The van der Waals surface area contributed by atoms with Crippen LogP contribution in [0.25, 0.3) is 0 Å². The van der Waals surface area contributed by atoms with Gasteiger partial charge in [-0.05, 0) is 18.6 Å². The second-order valence-electron chi connectivity index (χ2n) is 4.63. The first-order valence-corrected chi connectivity index (χ1v) is 7.45. The molecule has 110 valence electrons. The molecule has 0 heterocycles. The summed E-state index contributed by atoms with van der Waals surface area (Å²) in [5, 5.41) is 0. The van der Waals surface area contributed by atoms with Crippen LogP contribution in [0.3, 0.4) is 0 Å². The van der Waals surface area contributed by atoms with E-state index in [4.69, 9.17) is 9.47 Å². The Morgan fingerprint density at radius 1 is 1.05 bits per heavy atom. The normalized spacial score (nSPS) is 13.5. The van der Waals surface area contributed by atoms with Crippen molar-refractivity contribution in [3.63, 3.8) is 0 Å². The van der Waals surface area contributed by atoms with Gasteiger partial charge in [0.1, 0.15) is 6.10 Å². The van der Waals surface area contributed by atoms with E-state index in [-0.39, 0.29) is 6.10 Å². The number of rotatable bonds is 5. The molecule has 0 bridgehead atoms. The highest BCUT2D eigenvalue weighted by atomic mass is 79.9. The van der Waals surface area contributed by atoms with Crippen molar-refractivity contribution in [3.8, 4) is 0 Å². The number of ether oxygens (including phenoxy) is 2. The molecule has 0 N–H and O–H groups in total. The molecule has 2 atom stereocenters. The lowest BCUT2D eigenvalue weighted by Crippen LogP contribution is -2.19. The van der Waals surface area contributed by atoms with Crippen LogP contribution in [-0.2, 0) is 14.3 Å². The van der Waals surface area contributed by atoms with Crippen LogP contribution in [0, 0.1) is 0 Å². The molecule has 4 heteroatoms. The number of methoxy groups -OCH3 is 1. The molecular formula is C17H17BrO3. The number of esters is 1. The highest BCUT2D eigenvalue weighted by molar-refractivity contribution is 9.10. The van der Waals surface area contributed by atoms with Gasteiger partial charge < -0.3 is 9.47 Å². The Balaban J connectivity index is 2.11. The van der Waals surface area contributed by atoms with Gasteiger partial charge in [0, 0.05) is 17.1 Å². The Bertz CT molecular complexity index is 598. The van der Waals surface area contributed by atoms with Gasteiger partial charge in [0.15, 0.2) is 6.10 Å². The van der Waals surface area contributed by atoms with E-state index in [1.807, 2.05) is 61.5 Å². The molecule has 0 spiro atoms. The molecule has 0 fully saturated rings. The number of carbonyl (C=O) groups excluding carboxylic acids is 1. The quantitative estimate of drug-likeness (QED) is 0.749. The maximum Gasteiger partial charge on any atom is 0.340 e. The van der Waals surface area contributed by atoms with Gasteiger partial charge >= 0.3 is 5.97 Å². The standard InChI is InChI=1S/C17H17BrO3/c1-12(14-10-6-7-11-15(14)18)21-17(19)16(20-2)13-8-4-3-5-9-13/h3-12,16H,1-2H3/t12-,16-/m0/s1. The van der Waals surface area contributed by atoms with Crippen molar-refractivity contribution in [2.24, 2.45) is 0 Å². The molecular weight excluding hydrogens is 332 g/mol. The molecule has 0 amide bonds. The molecule has 0 saturated heterocycles. The summed E-state index contributed by atoms with van der Waals surface area (Å²) in [4.78, 5) is 12.3. The molecule has 21 heavy (non-hydrogen) atoms. The van der Waals surface area contributed by atoms with Gasteiger partial charge in [-0.1, -0.05) is 64.5 Å². The SMILES string of the molecule is CO[C@H](C(=O)O[C@@H](C)c1ccccc1Br)c1ccccc1. The van der Waals surface area contributed by atoms with E-state index in [9.17, 15) is 4.79 Å². The van der Waals surface area contributed by atoms with E-state index < -0.39 is 12.1 Å². The Labute approximate surface area is 133 Å². The van der Waals surface area contributed by atoms with Crippen LogP contribution in [0.1, 0.15) is 30.3 Å². The second-order valence-corrected chi connectivity index (χ2v) is 5.48. The highest BCUT2D eigenvalue weighted by Crippen LogP contribution is 2.28. The first-order valence-electron chi connectivity index (χ1n) is 6.66. The minimum atomic E-state index is -0.712. The lowest BCUT2D eigenvalue weighted by Gasteiger charge is -2.19. The summed E-state index contributed by atoms with van der Waals surface area (Å²) >= 11 is 3.46. The van der Waals surface area contributed by atoms with E-state index >= 15 is 0 Å². The van der Waals surface area contributed by atoms with Gasteiger partial charge in [-0.2, -0.15) is 0 Å². The number of benzene rings is 2. The van der Waals surface area contributed by atoms with Gasteiger partial charge in [-0.15, -0.1) is 0 Å². The summed E-state index contributed by atoms with van der Waals surface area (Å²) in [5.41, 5.74) is 1.71. The van der Waals surface area contributed by atoms with E-state index in [2.05, 4.69) is 15.9 Å². The molecule has 0 aliphatic carbocycles. The third-order valence-electron chi connectivity index (χ3n) is 3.19. The van der Waals surface area contributed by atoms with Crippen LogP contribution in [0.2, 0.25) is 0 Å². The average Bonchev–Trinajstić information content (AvgIpc) is 2.49. The zero-order valence-electron chi connectivity index (χ0n) is 12.0. The third kappa shape index (κ3) is 3.93. The highest BCUT2D eigenvalue weighted by Gasteiger charge is 2.24. The Kier molecular flexibility index (Phi) is 5.53. The summed E-state index contributed by atoms with van der Waals surface area (Å²) in [5.74, 6) is -0.396. The van der Waals surface area contributed by atoms with Crippen molar-refractivity contribution in [3.05, 3.63) is 70.2 Å². The summed E-state index contributed by atoms with van der Waals surface area (Å²) in [6.07, 6.45) is -1.06. The van der Waals surface area contributed by atoms with Crippen molar-refractivity contribution in [2.45, 2.75) is 19.1 Å². The monoisotopic (exact) mass is 348 g/mol. The summed E-state index contributed by atoms with van der Waals surface area (Å²) in [6.45, 7) is 1.84. The molecule has 0 aliphatic rings. The fourth-order valence-electron chi connectivity index (χ4n) is 2.10. The van der Waals surface area contributed by atoms with Gasteiger partial charge in [0.05, 0.1) is 0 Å². The van der Waals surface area contributed by atoms with E-state index in [1.54, 1.807) is 0 Å². The fourth-order valence-corrected chi connectivity index (χ4v) is 2.71. The first-order chi connectivity index (χ1) is 10.1. The van der Waals surface area contributed by atoms with Crippen LogP contribution >= 0.6 is 15.9 Å². The van der Waals surface area contributed by atoms with Gasteiger partial charge in [-0.25, -0.2) is 4.79 Å². The molecule has 0 aromatic heterocycles. The predicted molar refractivity (Wildman–Crippen MR) is 84.8 cm³/mol. The van der Waals surface area contributed by atoms with Gasteiger partial charge in [0.25, 0.3) is 0 Å².